The van der Waals surface area contributed by atoms with Crippen LogP contribution in [-0.4, -0.2) is 78.7 Å². The van der Waals surface area contributed by atoms with E-state index >= 15 is 0 Å². The molecule has 2 heterocycles. The van der Waals surface area contributed by atoms with Gasteiger partial charge in [0, 0.05) is 39.3 Å². The number of imide groups is 1. The Kier molecular flexibility index (Phi) is 6.25. The zero-order valence-electron chi connectivity index (χ0n) is 17.3. The Balaban J connectivity index is 1.73. The van der Waals surface area contributed by atoms with Crippen LogP contribution in [0.4, 0.5) is 4.79 Å². The van der Waals surface area contributed by atoms with Crippen molar-refractivity contribution in [3.8, 4) is 5.75 Å². The Morgan fingerprint density at radius 2 is 1.86 bits per heavy atom. The van der Waals surface area contributed by atoms with Gasteiger partial charge in [-0.3, -0.25) is 14.6 Å². The summed E-state index contributed by atoms with van der Waals surface area (Å²) in [7, 11) is 3.29. The third-order valence-electron chi connectivity index (χ3n) is 5.83. The van der Waals surface area contributed by atoms with Crippen LogP contribution in [-0.2, 0) is 16.1 Å². The van der Waals surface area contributed by atoms with E-state index in [4.69, 9.17) is 9.47 Å². The number of carbonyl (C=O) groups is 2. The lowest BCUT2D eigenvalue weighted by Crippen LogP contribution is -2.57. The van der Waals surface area contributed by atoms with Crippen LogP contribution >= 0.6 is 0 Å². The van der Waals surface area contributed by atoms with Crippen LogP contribution < -0.4 is 4.74 Å². The third-order valence-corrected chi connectivity index (χ3v) is 5.83. The molecule has 0 bridgehead atoms. The van der Waals surface area contributed by atoms with Crippen molar-refractivity contribution in [1.82, 2.24) is 14.7 Å². The molecule has 28 heavy (non-hydrogen) atoms. The Labute approximate surface area is 167 Å². The van der Waals surface area contributed by atoms with Gasteiger partial charge in [-0.05, 0) is 44.4 Å². The van der Waals surface area contributed by atoms with Crippen LogP contribution in [0, 0.1) is 0 Å². The lowest BCUT2D eigenvalue weighted by molar-refractivity contribution is -0.136. The van der Waals surface area contributed by atoms with Gasteiger partial charge in [0.1, 0.15) is 11.3 Å². The van der Waals surface area contributed by atoms with Crippen LogP contribution in [0.5, 0.6) is 5.75 Å². The summed E-state index contributed by atoms with van der Waals surface area (Å²) in [5, 5.41) is 0. The molecule has 1 aromatic carbocycles. The van der Waals surface area contributed by atoms with E-state index in [1.807, 2.05) is 32.0 Å². The lowest BCUT2D eigenvalue weighted by Gasteiger charge is -2.42. The number of hydrogen-bond acceptors (Lipinski definition) is 5. The minimum Gasteiger partial charge on any atom is -0.497 e. The number of likely N-dealkylation sites (tertiary alicyclic amines) is 1. The highest BCUT2D eigenvalue weighted by atomic mass is 16.5. The van der Waals surface area contributed by atoms with Crippen molar-refractivity contribution in [2.45, 2.75) is 44.8 Å². The number of amides is 3. The molecule has 0 N–H and O–H groups in total. The minimum atomic E-state index is -0.731. The van der Waals surface area contributed by atoms with E-state index in [1.54, 1.807) is 19.1 Å². The second-order valence-electron chi connectivity index (χ2n) is 7.86. The van der Waals surface area contributed by atoms with Crippen molar-refractivity contribution in [3.63, 3.8) is 0 Å². The van der Waals surface area contributed by atoms with E-state index in [0.717, 1.165) is 25.4 Å². The van der Waals surface area contributed by atoms with E-state index in [9.17, 15) is 9.59 Å². The van der Waals surface area contributed by atoms with Crippen LogP contribution in [0.3, 0.4) is 0 Å². The van der Waals surface area contributed by atoms with Gasteiger partial charge in [0.2, 0.25) is 0 Å². The summed E-state index contributed by atoms with van der Waals surface area (Å²) in [5.74, 6) is 0.797. The molecule has 0 saturated carbocycles. The molecule has 7 heteroatoms. The monoisotopic (exact) mass is 389 g/mol. The van der Waals surface area contributed by atoms with Crippen molar-refractivity contribution < 1.29 is 19.1 Å². The van der Waals surface area contributed by atoms with Gasteiger partial charge in [0.25, 0.3) is 5.91 Å². The SMILES string of the molecule is COCCN1C(=O)N(C(C)C)C(=O)C12CCN(Cc1cccc(OC)c1)CC2. The Bertz CT molecular complexity index is 713. The number of hydrogen-bond donors (Lipinski definition) is 0. The maximum absolute atomic E-state index is 13.2. The summed E-state index contributed by atoms with van der Waals surface area (Å²) in [6, 6.07) is 7.73. The minimum absolute atomic E-state index is 0.0513. The van der Waals surface area contributed by atoms with Gasteiger partial charge in [0.05, 0.1) is 13.7 Å². The van der Waals surface area contributed by atoms with Crippen LogP contribution in [0.15, 0.2) is 24.3 Å². The smallest absolute Gasteiger partial charge is 0.327 e. The number of ether oxygens (including phenoxy) is 2. The van der Waals surface area contributed by atoms with Gasteiger partial charge in [-0.1, -0.05) is 12.1 Å². The van der Waals surface area contributed by atoms with Crippen molar-refractivity contribution >= 4 is 11.9 Å². The normalized spacial score (nSPS) is 19.9. The molecule has 1 spiro atoms. The summed E-state index contributed by atoms with van der Waals surface area (Å²) >= 11 is 0. The summed E-state index contributed by atoms with van der Waals surface area (Å²) in [5.41, 5.74) is 0.453. The van der Waals surface area contributed by atoms with Gasteiger partial charge in [-0.2, -0.15) is 0 Å². The molecule has 3 amide bonds. The second kappa shape index (κ2) is 8.49. The topological polar surface area (TPSA) is 62.3 Å². The maximum atomic E-state index is 13.2. The molecule has 154 valence electrons. The molecule has 2 aliphatic rings. The average Bonchev–Trinajstić information content (AvgIpc) is 2.88. The van der Waals surface area contributed by atoms with Gasteiger partial charge < -0.3 is 14.4 Å². The Morgan fingerprint density at radius 1 is 1.14 bits per heavy atom. The first-order valence-corrected chi connectivity index (χ1v) is 9.92. The Morgan fingerprint density at radius 3 is 2.46 bits per heavy atom. The second-order valence-corrected chi connectivity index (χ2v) is 7.86. The van der Waals surface area contributed by atoms with Gasteiger partial charge in [-0.25, -0.2) is 4.79 Å². The van der Waals surface area contributed by atoms with Crippen molar-refractivity contribution in [2.75, 3.05) is 40.5 Å². The van der Waals surface area contributed by atoms with Crippen LogP contribution in [0.25, 0.3) is 0 Å². The molecule has 0 radical (unpaired) electrons. The standard InChI is InChI=1S/C21H31N3O4/c1-16(2)24-19(25)21(23(20(24)26)12-13-27-3)8-10-22(11-9-21)15-17-6-5-7-18(14-17)28-4/h5-7,14,16H,8-13,15H2,1-4H3. The molecule has 1 aromatic rings. The first kappa shape index (κ1) is 20.6. The number of carbonyl (C=O) groups excluding carboxylic acids is 2. The fourth-order valence-electron chi connectivity index (χ4n) is 4.28. The van der Waals surface area contributed by atoms with Crippen molar-refractivity contribution in [3.05, 3.63) is 29.8 Å². The summed E-state index contributed by atoms with van der Waals surface area (Å²) in [4.78, 5) is 31.7. The fraction of sp³-hybridized carbons (Fsp3) is 0.619. The number of piperidine rings is 1. The van der Waals surface area contributed by atoms with E-state index in [1.165, 1.54) is 10.5 Å². The van der Waals surface area contributed by atoms with E-state index in [2.05, 4.69) is 11.0 Å². The van der Waals surface area contributed by atoms with Gasteiger partial charge >= 0.3 is 6.03 Å². The molecule has 0 unspecified atom stereocenters. The molecule has 0 atom stereocenters. The highest BCUT2D eigenvalue weighted by Crippen LogP contribution is 2.38. The first-order valence-electron chi connectivity index (χ1n) is 9.92. The van der Waals surface area contributed by atoms with Gasteiger partial charge in [-0.15, -0.1) is 0 Å². The van der Waals surface area contributed by atoms with Crippen molar-refractivity contribution in [1.29, 1.82) is 0 Å². The average molecular weight is 389 g/mol. The number of benzene rings is 1. The van der Waals surface area contributed by atoms with E-state index in [0.29, 0.717) is 26.0 Å². The molecule has 2 saturated heterocycles. The van der Waals surface area contributed by atoms with Crippen LogP contribution in [0.1, 0.15) is 32.3 Å². The predicted octanol–water partition coefficient (Wildman–Crippen LogP) is 2.35. The van der Waals surface area contributed by atoms with Crippen LogP contribution in [0.2, 0.25) is 0 Å². The molecule has 7 nitrogen and oxygen atoms in total. The van der Waals surface area contributed by atoms with Crippen molar-refractivity contribution in [2.24, 2.45) is 0 Å². The molecular formula is C21H31N3O4. The summed E-state index contributed by atoms with van der Waals surface area (Å²) in [6.07, 6.45) is 1.29. The van der Waals surface area contributed by atoms with Gasteiger partial charge in [0.15, 0.2) is 0 Å². The molecule has 2 aliphatic heterocycles. The summed E-state index contributed by atoms with van der Waals surface area (Å²) in [6.45, 7) is 7.00. The fourth-order valence-corrected chi connectivity index (χ4v) is 4.28. The highest BCUT2D eigenvalue weighted by Gasteiger charge is 2.58. The third kappa shape index (κ3) is 3.73. The molecule has 3 rings (SSSR count). The summed E-state index contributed by atoms with van der Waals surface area (Å²) < 4.78 is 10.5. The zero-order valence-corrected chi connectivity index (χ0v) is 17.3. The molecular weight excluding hydrogens is 358 g/mol. The molecule has 2 fully saturated rings. The maximum Gasteiger partial charge on any atom is 0.327 e. The van der Waals surface area contributed by atoms with E-state index < -0.39 is 5.54 Å². The Hall–Kier alpha value is -2.12. The predicted molar refractivity (Wildman–Crippen MR) is 106 cm³/mol. The number of methoxy groups -OCH3 is 2. The molecule has 0 aromatic heterocycles. The number of nitrogens with zero attached hydrogens (tertiary/aromatic N) is 3. The molecule has 0 aliphatic carbocycles. The number of rotatable bonds is 7. The number of urea groups is 1. The highest BCUT2D eigenvalue weighted by molar-refractivity contribution is 6.07. The lowest BCUT2D eigenvalue weighted by atomic mass is 9.85. The quantitative estimate of drug-likeness (QED) is 0.670. The first-order chi connectivity index (χ1) is 13.4. The largest absolute Gasteiger partial charge is 0.497 e. The zero-order chi connectivity index (χ0) is 20.3. The van der Waals surface area contributed by atoms with E-state index in [-0.39, 0.29) is 18.0 Å².